The van der Waals surface area contributed by atoms with Gasteiger partial charge in [-0.25, -0.2) is 17.8 Å². The second-order valence-corrected chi connectivity index (χ2v) is 12.4. The molecule has 0 saturated heterocycles. The number of benzene rings is 3. The van der Waals surface area contributed by atoms with Gasteiger partial charge in [0.2, 0.25) is 10.0 Å². The van der Waals surface area contributed by atoms with Crippen molar-refractivity contribution in [3.63, 3.8) is 0 Å². The molecule has 1 N–H and O–H groups in total. The summed E-state index contributed by atoms with van der Waals surface area (Å²) in [5.41, 5.74) is 10.0. The summed E-state index contributed by atoms with van der Waals surface area (Å²) in [7, 11) is -3.40. The fourth-order valence-electron chi connectivity index (χ4n) is 5.46. The first-order valence-corrected chi connectivity index (χ1v) is 15.2. The number of aromatic nitrogens is 3. The molecule has 0 aliphatic carbocycles. The lowest BCUT2D eigenvalue weighted by molar-refractivity contribution is 0.0734. The number of hydrogen-bond donors (Lipinski definition) is 1. The topological polar surface area (TPSA) is 97.2 Å². The third kappa shape index (κ3) is 5.46. The Morgan fingerprint density at radius 1 is 1.03 bits per heavy atom. The van der Waals surface area contributed by atoms with Crippen molar-refractivity contribution < 1.29 is 13.2 Å². The molecule has 0 fully saturated rings. The van der Waals surface area contributed by atoms with Crippen molar-refractivity contribution in [2.24, 2.45) is 0 Å². The maximum atomic E-state index is 13.4. The summed E-state index contributed by atoms with van der Waals surface area (Å²) < 4.78 is 28.7. The van der Waals surface area contributed by atoms with Crippen LogP contribution in [0, 0.1) is 20.8 Å². The van der Waals surface area contributed by atoms with Crippen LogP contribution in [0.4, 0.5) is 0 Å². The highest BCUT2D eigenvalue weighted by molar-refractivity contribution is 7.88. The number of rotatable bonds is 7. The van der Waals surface area contributed by atoms with Crippen LogP contribution in [0.2, 0.25) is 0 Å². The highest BCUT2D eigenvalue weighted by Gasteiger charge is 2.25. The number of carbonyl (C=O) groups excluding carboxylic acids is 1. The third-order valence-corrected chi connectivity index (χ3v) is 8.58. The average Bonchev–Trinajstić information content (AvgIpc) is 3.34. The highest BCUT2D eigenvalue weighted by Crippen LogP contribution is 2.33. The van der Waals surface area contributed by atoms with E-state index in [1.54, 1.807) is 0 Å². The minimum atomic E-state index is -3.40. The van der Waals surface area contributed by atoms with Crippen LogP contribution in [0.3, 0.4) is 0 Å². The molecule has 1 amide bonds. The number of aryl methyl sites for hydroxylation is 4. The maximum absolute atomic E-state index is 13.4. The van der Waals surface area contributed by atoms with Crippen molar-refractivity contribution >= 4 is 27.0 Å². The summed E-state index contributed by atoms with van der Waals surface area (Å²) in [4.78, 5) is 15.3. The molecule has 39 heavy (non-hydrogen) atoms. The Bertz CT molecular complexity index is 1680. The smallest absolute Gasteiger partial charge is 0.254 e. The number of nitrogens with one attached hydrogen (secondary N) is 1. The van der Waals surface area contributed by atoms with Crippen molar-refractivity contribution in [2.45, 2.75) is 53.1 Å². The maximum Gasteiger partial charge on any atom is 0.254 e. The van der Waals surface area contributed by atoms with Crippen molar-refractivity contribution in [3.05, 3.63) is 93.0 Å². The average molecular weight is 546 g/mol. The van der Waals surface area contributed by atoms with E-state index in [4.69, 9.17) is 0 Å². The molecule has 3 aromatic carbocycles. The molecule has 0 bridgehead atoms. The Hall–Kier alpha value is -3.56. The number of fused-ring (bicyclic) bond motifs is 2. The van der Waals surface area contributed by atoms with E-state index in [0.717, 1.165) is 51.8 Å². The van der Waals surface area contributed by atoms with Crippen molar-refractivity contribution in [1.29, 1.82) is 0 Å². The van der Waals surface area contributed by atoms with E-state index in [-0.39, 0.29) is 18.4 Å². The Morgan fingerprint density at radius 2 is 1.82 bits per heavy atom. The van der Waals surface area contributed by atoms with Gasteiger partial charge in [0.25, 0.3) is 5.91 Å². The number of carbonyl (C=O) groups is 1. The fraction of sp³-hybridized carbons (Fsp3) is 0.367. The number of sulfonamides is 1. The second-order valence-electron chi connectivity index (χ2n) is 10.5. The lowest BCUT2D eigenvalue weighted by Crippen LogP contribution is -2.36. The van der Waals surface area contributed by atoms with Gasteiger partial charge >= 0.3 is 0 Å². The lowest BCUT2D eigenvalue weighted by Gasteiger charge is -2.30. The molecule has 1 atom stereocenters. The van der Waals surface area contributed by atoms with E-state index in [0.29, 0.717) is 18.7 Å². The molecule has 0 saturated carbocycles. The Morgan fingerprint density at radius 3 is 2.54 bits per heavy atom. The highest BCUT2D eigenvalue weighted by atomic mass is 32.2. The van der Waals surface area contributed by atoms with Crippen LogP contribution in [0.15, 0.2) is 48.5 Å². The molecule has 1 aliphatic rings. The summed E-state index contributed by atoms with van der Waals surface area (Å²) >= 11 is 0. The molecule has 5 rings (SSSR count). The Balaban J connectivity index is 1.50. The lowest BCUT2D eigenvalue weighted by atomic mass is 9.85. The van der Waals surface area contributed by atoms with Crippen LogP contribution < -0.4 is 4.72 Å². The van der Waals surface area contributed by atoms with Crippen molar-refractivity contribution in [2.75, 3.05) is 19.3 Å². The Labute approximate surface area is 230 Å². The summed E-state index contributed by atoms with van der Waals surface area (Å²) in [6.07, 6.45) is 1.96. The number of amides is 1. The minimum absolute atomic E-state index is 0.0322. The van der Waals surface area contributed by atoms with Gasteiger partial charge in [0, 0.05) is 37.7 Å². The van der Waals surface area contributed by atoms with Crippen LogP contribution >= 0.6 is 0 Å². The minimum Gasteiger partial charge on any atom is -0.334 e. The first-order chi connectivity index (χ1) is 18.6. The predicted molar refractivity (Wildman–Crippen MR) is 153 cm³/mol. The fourth-order valence-corrected chi connectivity index (χ4v) is 5.93. The largest absolute Gasteiger partial charge is 0.334 e. The normalized spacial score (nSPS) is 14.4. The standard InChI is InChI=1S/C30H35N5O3S/c1-6-35-28-12-11-26(21(4)29(28)32-33-35)27(17-31-39(5,37)38)23-10-9-22-13-14-34(18-25(22)16-23)30(36)24-8-7-19(2)20(3)15-24/h7-12,15-16,27,31H,6,13-14,17-18H2,1-5H3. The summed E-state index contributed by atoms with van der Waals surface area (Å²) in [5, 5.41) is 8.67. The van der Waals surface area contributed by atoms with Gasteiger partial charge < -0.3 is 4.90 Å². The molecular weight excluding hydrogens is 510 g/mol. The molecule has 9 heteroatoms. The quantitative estimate of drug-likeness (QED) is 0.374. The monoisotopic (exact) mass is 545 g/mol. The molecule has 2 heterocycles. The number of hydrogen-bond acceptors (Lipinski definition) is 5. The van der Waals surface area contributed by atoms with E-state index in [9.17, 15) is 13.2 Å². The zero-order valence-corrected chi connectivity index (χ0v) is 24.0. The summed E-state index contributed by atoms with van der Waals surface area (Å²) in [6.45, 7) is 10.2. The van der Waals surface area contributed by atoms with Crippen LogP contribution in [0.5, 0.6) is 0 Å². The molecule has 1 aliphatic heterocycles. The van der Waals surface area contributed by atoms with Gasteiger partial charge in [-0.1, -0.05) is 35.5 Å². The molecule has 0 radical (unpaired) electrons. The summed E-state index contributed by atoms with van der Waals surface area (Å²) in [6, 6.07) is 16.3. The van der Waals surface area contributed by atoms with Gasteiger partial charge in [0.15, 0.2) is 0 Å². The third-order valence-electron chi connectivity index (χ3n) is 7.89. The van der Waals surface area contributed by atoms with Gasteiger partial charge in [0.05, 0.1) is 11.8 Å². The Kier molecular flexibility index (Phi) is 7.31. The predicted octanol–water partition coefficient (Wildman–Crippen LogP) is 4.26. The summed E-state index contributed by atoms with van der Waals surface area (Å²) in [5.74, 6) is -0.197. The van der Waals surface area contributed by atoms with E-state index in [1.807, 2.05) is 61.5 Å². The van der Waals surface area contributed by atoms with Crippen molar-refractivity contribution in [1.82, 2.24) is 24.6 Å². The number of nitrogens with zero attached hydrogens (tertiary/aromatic N) is 4. The molecule has 8 nitrogen and oxygen atoms in total. The van der Waals surface area contributed by atoms with Crippen LogP contribution in [0.1, 0.15) is 62.1 Å². The molecule has 4 aromatic rings. The van der Waals surface area contributed by atoms with Gasteiger partial charge in [-0.3, -0.25) is 4.79 Å². The van der Waals surface area contributed by atoms with Crippen LogP contribution in [-0.2, 0) is 29.5 Å². The van der Waals surface area contributed by atoms with Gasteiger partial charge in [-0.2, -0.15) is 0 Å². The van der Waals surface area contributed by atoms with E-state index >= 15 is 0 Å². The van der Waals surface area contributed by atoms with E-state index in [2.05, 4.69) is 39.3 Å². The molecule has 204 valence electrons. The second kappa shape index (κ2) is 10.5. The molecule has 1 unspecified atom stereocenters. The molecule has 0 spiro atoms. The van der Waals surface area contributed by atoms with Gasteiger partial charge in [-0.15, -0.1) is 5.10 Å². The first-order valence-electron chi connectivity index (χ1n) is 13.3. The van der Waals surface area contributed by atoms with Crippen molar-refractivity contribution in [3.8, 4) is 0 Å². The van der Waals surface area contributed by atoms with Crippen LogP contribution in [0.25, 0.3) is 11.0 Å². The first kappa shape index (κ1) is 27.0. The zero-order valence-electron chi connectivity index (χ0n) is 23.2. The van der Waals surface area contributed by atoms with E-state index < -0.39 is 10.0 Å². The zero-order chi connectivity index (χ0) is 27.9. The van der Waals surface area contributed by atoms with E-state index in [1.165, 1.54) is 17.4 Å². The SMILES string of the molecule is CCn1nnc2c(C)c(C(CNS(C)(=O)=O)c3ccc4c(c3)CN(C(=O)c3ccc(C)c(C)c3)CC4)ccc21. The molecular formula is C30H35N5O3S. The van der Waals surface area contributed by atoms with Gasteiger partial charge in [-0.05, 0) is 91.3 Å². The van der Waals surface area contributed by atoms with Gasteiger partial charge in [0.1, 0.15) is 5.52 Å². The van der Waals surface area contributed by atoms with Crippen LogP contribution in [-0.4, -0.2) is 53.6 Å². The molecule has 1 aromatic heterocycles.